The van der Waals surface area contributed by atoms with Crippen molar-refractivity contribution in [1.82, 2.24) is 19.8 Å². The fourth-order valence-corrected chi connectivity index (χ4v) is 4.32. The van der Waals surface area contributed by atoms with Gasteiger partial charge in [0, 0.05) is 45.3 Å². The Bertz CT molecular complexity index is 1120. The van der Waals surface area contributed by atoms with E-state index in [1.54, 1.807) is 23.2 Å². The van der Waals surface area contributed by atoms with Gasteiger partial charge >= 0.3 is 12.1 Å². The molecule has 1 atom stereocenters. The number of ether oxygens (including phenoxy) is 2. The first-order valence-corrected chi connectivity index (χ1v) is 11.9. The van der Waals surface area contributed by atoms with Gasteiger partial charge in [0.25, 0.3) is 0 Å². The monoisotopic (exact) mass is 494 g/mol. The highest BCUT2D eigenvalue weighted by atomic mass is 16.5. The topological polar surface area (TPSA) is 150 Å². The quantitative estimate of drug-likeness (QED) is 0.500. The molecule has 0 unspecified atom stereocenters. The van der Waals surface area contributed by atoms with Gasteiger partial charge in [-0.1, -0.05) is 0 Å². The van der Waals surface area contributed by atoms with E-state index in [9.17, 15) is 14.9 Å². The van der Waals surface area contributed by atoms with Gasteiger partial charge in [-0.05, 0) is 37.1 Å². The molecule has 0 aliphatic carbocycles. The number of urea groups is 1. The summed E-state index contributed by atoms with van der Waals surface area (Å²) in [7, 11) is 1.83. The molecule has 1 aromatic carbocycles. The maximum absolute atomic E-state index is 12.5. The number of primary amides is 1. The molecule has 2 aliphatic rings. The highest BCUT2D eigenvalue weighted by Crippen LogP contribution is 2.26. The Labute approximate surface area is 209 Å². The fourth-order valence-electron chi connectivity index (χ4n) is 4.32. The summed E-state index contributed by atoms with van der Waals surface area (Å²) in [6.07, 6.45) is 3.24. The largest absolute Gasteiger partial charge is 0.493 e. The molecule has 2 saturated heterocycles. The third kappa shape index (κ3) is 6.04. The number of likely N-dealkylation sites (N-methyl/N-ethyl adjacent to an activating group) is 1. The van der Waals surface area contributed by atoms with Gasteiger partial charge in [-0.2, -0.15) is 5.26 Å². The smallest absolute Gasteiger partial charge is 0.404 e. The van der Waals surface area contributed by atoms with Gasteiger partial charge in [-0.15, -0.1) is 0 Å². The molecule has 190 valence electrons. The first-order valence-electron chi connectivity index (χ1n) is 11.9. The maximum atomic E-state index is 12.5. The van der Waals surface area contributed by atoms with E-state index in [0.717, 1.165) is 38.2 Å². The number of aromatic nitrogens is 2. The Hall–Kier alpha value is -4.27. The number of hydrogen-bond acceptors (Lipinski definition) is 9. The van der Waals surface area contributed by atoms with Crippen molar-refractivity contribution in [2.24, 2.45) is 5.73 Å². The van der Waals surface area contributed by atoms with E-state index < -0.39 is 6.09 Å². The normalized spacial score (nSPS) is 17.6. The number of carbonyl (C=O) groups excluding carboxylic acids is 2. The lowest BCUT2D eigenvalue weighted by Crippen LogP contribution is -2.49. The van der Waals surface area contributed by atoms with Crippen LogP contribution in [0.3, 0.4) is 0 Å². The van der Waals surface area contributed by atoms with Crippen molar-refractivity contribution >= 4 is 29.4 Å². The van der Waals surface area contributed by atoms with Crippen LogP contribution in [0.15, 0.2) is 30.5 Å². The molecule has 12 nitrogen and oxygen atoms in total. The molecule has 2 fully saturated rings. The molecular formula is C24H30N8O4. The highest BCUT2D eigenvalue weighted by Gasteiger charge is 2.34. The molecule has 3 N–H and O–H groups in total. The minimum absolute atomic E-state index is 0.0709. The van der Waals surface area contributed by atoms with Crippen LogP contribution in [0.25, 0.3) is 0 Å². The van der Waals surface area contributed by atoms with Crippen LogP contribution in [0, 0.1) is 11.3 Å². The van der Waals surface area contributed by atoms with Gasteiger partial charge in [-0.25, -0.2) is 19.6 Å². The van der Waals surface area contributed by atoms with E-state index in [0.29, 0.717) is 37.0 Å². The number of nitrogens with two attached hydrogens (primary N) is 1. The summed E-state index contributed by atoms with van der Waals surface area (Å²) in [5.41, 5.74) is 5.84. The molecule has 0 radical (unpaired) electrons. The molecule has 2 aliphatic heterocycles. The van der Waals surface area contributed by atoms with Crippen LogP contribution in [0.1, 0.15) is 25.0 Å². The molecule has 0 spiro atoms. The second-order valence-corrected chi connectivity index (χ2v) is 8.70. The van der Waals surface area contributed by atoms with Crippen LogP contribution in [0.5, 0.6) is 5.75 Å². The maximum Gasteiger partial charge on any atom is 0.404 e. The minimum Gasteiger partial charge on any atom is -0.493 e. The van der Waals surface area contributed by atoms with Crippen molar-refractivity contribution in [3.63, 3.8) is 0 Å². The number of amides is 3. The van der Waals surface area contributed by atoms with E-state index in [-0.39, 0.29) is 24.4 Å². The number of carbonyl (C=O) groups is 2. The van der Waals surface area contributed by atoms with E-state index in [2.05, 4.69) is 26.0 Å². The third-order valence-electron chi connectivity index (χ3n) is 6.19. The highest BCUT2D eigenvalue weighted by molar-refractivity contribution is 5.76. The number of anilines is 3. The number of hydrogen-bond donors (Lipinski definition) is 2. The molecule has 0 bridgehead atoms. The van der Waals surface area contributed by atoms with Crippen molar-refractivity contribution in [1.29, 1.82) is 5.26 Å². The minimum atomic E-state index is -0.802. The predicted octanol–water partition coefficient (Wildman–Crippen LogP) is 2.29. The Morgan fingerprint density at radius 3 is 2.75 bits per heavy atom. The molecule has 36 heavy (non-hydrogen) atoms. The van der Waals surface area contributed by atoms with E-state index in [4.69, 9.17) is 15.5 Å². The van der Waals surface area contributed by atoms with Crippen LogP contribution in [-0.2, 0) is 4.74 Å². The van der Waals surface area contributed by atoms with Gasteiger partial charge in [0.2, 0.25) is 0 Å². The lowest BCUT2D eigenvalue weighted by atomic mass is 10.0. The zero-order valence-corrected chi connectivity index (χ0v) is 20.2. The number of rotatable bonds is 9. The average Bonchev–Trinajstić information content (AvgIpc) is 3.22. The summed E-state index contributed by atoms with van der Waals surface area (Å²) in [5, 5.41) is 12.7. The Morgan fingerprint density at radius 1 is 1.25 bits per heavy atom. The predicted molar refractivity (Wildman–Crippen MR) is 132 cm³/mol. The van der Waals surface area contributed by atoms with Gasteiger partial charge in [0.15, 0.2) is 11.5 Å². The van der Waals surface area contributed by atoms with Crippen LogP contribution in [-0.4, -0.2) is 84.4 Å². The van der Waals surface area contributed by atoms with Crippen molar-refractivity contribution in [3.8, 4) is 11.8 Å². The van der Waals surface area contributed by atoms with Crippen molar-refractivity contribution in [2.75, 3.05) is 56.7 Å². The second kappa shape index (κ2) is 11.4. The van der Waals surface area contributed by atoms with Crippen molar-refractivity contribution < 1.29 is 19.1 Å². The van der Waals surface area contributed by atoms with Gasteiger partial charge in [-0.3, -0.25) is 0 Å². The number of piperidine rings is 1. The van der Waals surface area contributed by atoms with E-state index in [1.807, 2.05) is 24.1 Å². The summed E-state index contributed by atoms with van der Waals surface area (Å²) in [6, 6.07) is 9.50. The van der Waals surface area contributed by atoms with Crippen LogP contribution in [0.4, 0.5) is 26.9 Å². The molecule has 0 saturated carbocycles. The van der Waals surface area contributed by atoms with Gasteiger partial charge < -0.3 is 35.2 Å². The molecule has 12 heteroatoms. The molecule has 3 heterocycles. The number of nitrogens with zero attached hydrogens (tertiary/aromatic N) is 6. The summed E-state index contributed by atoms with van der Waals surface area (Å²) in [5.74, 6) is 1.69. The number of benzene rings is 1. The van der Waals surface area contributed by atoms with Crippen LogP contribution < -0.4 is 20.7 Å². The van der Waals surface area contributed by atoms with Gasteiger partial charge in [0.05, 0.1) is 25.5 Å². The standard InChI is InChI=1S/C24H30N8O4/c1-30-10-11-32(24(30)34)18-4-2-9-31(16-18)21-15-27-20(14-25)22(29-21)28-17-5-7-19(8-6-17)35-12-3-13-36-23(26)33/h5-8,15,18H,2-4,9-13,16H2,1H3,(H2,26,33)(H,28,29)/t18-/m1/s1. The Balaban J connectivity index is 1.39. The molecule has 2 aromatic rings. The fraction of sp³-hybridized carbons (Fsp3) is 0.458. The molecule has 3 amide bonds. The van der Waals surface area contributed by atoms with Crippen molar-refractivity contribution in [3.05, 3.63) is 36.2 Å². The molecule has 1 aromatic heterocycles. The second-order valence-electron chi connectivity index (χ2n) is 8.70. The zero-order chi connectivity index (χ0) is 25.5. The first kappa shape index (κ1) is 24.8. The summed E-state index contributed by atoms with van der Waals surface area (Å²) >= 11 is 0. The van der Waals surface area contributed by atoms with Crippen molar-refractivity contribution in [2.45, 2.75) is 25.3 Å². The SMILES string of the molecule is CN1CCN([C@@H]2CCCN(c3cnc(C#N)c(Nc4ccc(OCCCOC(N)=O)cc4)n3)C2)C1=O. The first-order chi connectivity index (χ1) is 17.4. The zero-order valence-electron chi connectivity index (χ0n) is 20.2. The Morgan fingerprint density at radius 2 is 2.06 bits per heavy atom. The number of nitrogens with one attached hydrogen (secondary N) is 1. The molecular weight excluding hydrogens is 464 g/mol. The summed E-state index contributed by atoms with van der Waals surface area (Å²) in [6.45, 7) is 3.54. The average molecular weight is 495 g/mol. The Kier molecular flexibility index (Phi) is 7.89. The summed E-state index contributed by atoms with van der Waals surface area (Å²) in [4.78, 5) is 37.9. The van der Waals surface area contributed by atoms with E-state index in [1.165, 1.54) is 0 Å². The van der Waals surface area contributed by atoms with E-state index >= 15 is 0 Å². The van der Waals surface area contributed by atoms with Crippen LogP contribution >= 0.6 is 0 Å². The lowest BCUT2D eigenvalue weighted by molar-refractivity contribution is 0.147. The van der Waals surface area contributed by atoms with Crippen LogP contribution in [0.2, 0.25) is 0 Å². The van der Waals surface area contributed by atoms with Gasteiger partial charge in [0.1, 0.15) is 17.6 Å². The lowest BCUT2D eigenvalue weighted by Gasteiger charge is -2.37. The molecule has 4 rings (SSSR count). The number of nitriles is 1. The summed E-state index contributed by atoms with van der Waals surface area (Å²) < 4.78 is 10.3. The third-order valence-corrected chi connectivity index (χ3v) is 6.19.